The maximum atomic E-state index is 12.3. The molecule has 0 aromatic heterocycles. The zero-order chi connectivity index (χ0) is 15.4. The number of carbonyl (C=O) groups excluding carboxylic acids is 2. The molecule has 0 spiro atoms. The fourth-order valence-corrected chi connectivity index (χ4v) is 3.45. The molecule has 0 unspecified atom stereocenters. The van der Waals surface area contributed by atoms with Gasteiger partial charge in [0.25, 0.3) is 0 Å². The highest BCUT2D eigenvalue weighted by molar-refractivity contribution is 7.99. The molecule has 1 aliphatic heterocycles. The topological polar surface area (TPSA) is 49.4 Å². The fourth-order valence-electron chi connectivity index (χ4n) is 2.51. The Morgan fingerprint density at radius 3 is 2.52 bits per heavy atom. The van der Waals surface area contributed by atoms with E-state index in [9.17, 15) is 9.59 Å². The molecule has 5 heteroatoms. The van der Waals surface area contributed by atoms with E-state index in [0.717, 1.165) is 35.8 Å². The molecule has 1 saturated heterocycles. The van der Waals surface area contributed by atoms with E-state index in [1.807, 2.05) is 31.7 Å². The maximum Gasteiger partial charge on any atom is 0.241 e. The Hall–Kier alpha value is -1.33. The van der Waals surface area contributed by atoms with Crippen LogP contribution in [-0.4, -0.2) is 47.2 Å². The van der Waals surface area contributed by atoms with Crippen LogP contribution in [0.4, 0.5) is 5.69 Å². The van der Waals surface area contributed by atoms with Gasteiger partial charge in [-0.1, -0.05) is 0 Å². The molecule has 2 rings (SSSR count). The van der Waals surface area contributed by atoms with E-state index in [0.29, 0.717) is 5.56 Å². The average Bonchev–Trinajstić information content (AvgIpc) is 2.47. The lowest BCUT2D eigenvalue weighted by molar-refractivity contribution is -0.120. The zero-order valence-electron chi connectivity index (χ0n) is 12.8. The van der Waals surface area contributed by atoms with Gasteiger partial charge in [-0.2, -0.15) is 11.8 Å². The lowest BCUT2D eigenvalue weighted by Gasteiger charge is -2.31. The predicted octanol–water partition coefficient (Wildman–Crippen LogP) is 2.57. The summed E-state index contributed by atoms with van der Waals surface area (Å²) in [7, 11) is 0. The van der Waals surface area contributed by atoms with Crippen molar-refractivity contribution in [3.63, 3.8) is 0 Å². The summed E-state index contributed by atoms with van der Waals surface area (Å²) >= 11 is 1.93. The minimum absolute atomic E-state index is 0.0110. The van der Waals surface area contributed by atoms with Gasteiger partial charge in [0.1, 0.15) is 0 Å². The summed E-state index contributed by atoms with van der Waals surface area (Å²) in [6.07, 6.45) is 0. The number of anilines is 1. The number of aryl methyl sites for hydroxylation is 1. The molecule has 1 atom stereocenters. The SMILES string of the molecule is CC(=O)c1ccc(NC(=O)[C@@H](C)N2CCSCC2)cc1C. The molecule has 1 N–H and O–H groups in total. The lowest BCUT2D eigenvalue weighted by atomic mass is 10.0. The minimum Gasteiger partial charge on any atom is -0.325 e. The number of nitrogens with one attached hydrogen (secondary N) is 1. The van der Waals surface area contributed by atoms with Gasteiger partial charge in [-0.25, -0.2) is 0 Å². The van der Waals surface area contributed by atoms with Crippen LogP contribution in [0.2, 0.25) is 0 Å². The number of hydrogen-bond acceptors (Lipinski definition) is 4. The molecular formula is C16H22N2O2S. The van der Waals surface area contributed by atoms with E-state index in [4.69, 9.17) is 0 Å². The minimum atomic E-state index is -0.126. The highest BCUT2D eigenvalue weighted by Gasteiger charge is 2.23. The van der Waals surface area contributed by atoms with Crippen LogP contribution in [0.15, 0.2) is 18.2 Å². The van der Waals surface area contributed by atoms with Crippen molar-refractivity contribution in [2.45, 2.75) is 26.8 Å². The fraction of sp³-hybridized carbons (Fsp3) is 0.500. The van der Waals surface area contributed by atoms with Crippen LogP contribution in [0.5, 0.6) is 0 Å². The summed E-state index contributed by atoms with van der Waals surface area (Å²) in [6, 6.07) is 5.29. The third-order valence-electron chi connectivity index (χ3n) is 3.85. The number of hydrogen-bond donors (Lipinski definition) is 1. The van der Waals surface area contributed by atoms with Gasteiger partial charge in [-0.3, -0.25) is 14.5 Å². The van der Waals surface area contributed by atoms with Gasteiger partial charge in [-0.05, 0) is 44.5 Å². The van der Waals surface area contributed by atoms with Gasteiger partial charge < -0.3 is 5.32 Å². The summed E-state index contributed by atoms with van der Waals surface area (Å²) < 4.78 is 0. The van der Waals surface area contributed by atoms with E-state index in [1.54, 1.807) is 19.1 Å². The Balaban J connectivity index is 2.01. The van der Waals surface area contributed by atoms with Crippen molar-refractivity contribution in [1.29, 1.82) is 0 Å². The normalized spacial score (nSPS) is 17.3. The first-order valence-corrected chi connectivity index (χ1v) is 8.39. The van der Waals surface area contributed by atoms with Gasteiger partial charge >= 0.3 is 0 Å². The van der Waals surface area contributed by atoms with Gasteiger partial charge in [0.05, 0.1) is 6.04 Å². The summed E-state index contributed by atoms with van der Waals surface area (Å²) in [5.74, 6) is 2.23. The van der Waals surface area contributed by atoms with Crippen molar-refractivity contribution in [3.05, 3.63) is 29.3 Å². The van der Waals surface area contributed by atoms with Crippen molar-refractivity contribution in [3.8, 4) is 0 Å². The molecule has 0 saturated carbocycles. The average molecular weight is 306 g/mol. The quantitative estimate of drug-likeness (QED) is 0.869. The van der Waals surface area contributed by atoms with Crippen molar-refractivity contribution in [1.82, 2.24) is 4.90 Å². The molecule has 1 aromatic rings. The van der Waals surface area contributed by atoms with Gasteiger partial charge in [-0.15, -0.1) is 0 Å². The number of ketones is 1. The van der Waals surface area contributed by atoms with Crippen LogP contribution in [0.3, 0.4) is 0 Å². The van der Waals surface area contributed by atoms with Gasteiger partial charge in [0, 0.05) is 35.8 Å². The Labute approximate surface area is 130 Å². The van der Waals surface area contributed by atoms with Crippen molar-refractivity contribution in [2.24, 2.45) is 0 Å². The van der Waals surface area contributed by atoms with Crippen LogP contribution in [-0.2, 0) is 4.79 Å². The molecule has 0 bridgehead atoms. The van der Waals surface area contributed by atoms with Crippen LogP contribution in [0.1, 0.15) is 29.8 Å². The van der Waals surface area contributed by atoms with Crippen molar-refractivity contribution in [2.75, 3.05) is 29.9 Å². The van der Waals surface area contributed by atoms with Crippen LogP contribution in [0.25, 0.3) is 0 Å². The highest BCUT2D eigenvalue weighted by atomic mass is 32.2. The third kappa shape index (κ3) is 4.08. The second-order valence-electron chi connectivity index (χ2n) is 5.40. The summed E-state index contributed by atoms with van der Waals surface area (Å²) in [5.41, 5.74) is 2.34. The van der Waals surface area contributed by atoms with E-state index in [1.165, 1.54) is 0 Å². The molecule has 0 radical (unpaired) electrons. The Morgan fingerprint density at radius 2 is 1.95 bits per heavy atom. The summed E-state index contributed by atoms with van der Waals surface area (Å²) in [5, 5.41) is 2.95. The standard InChI is InChI=1S/C16H22N2O2S/c1-11-10-14(4-5-15(11)13(3)19)17-16(20)12(2)18-6-8-21-9-7-18/h4-5,10,12H,6-9H2,1-3H3,(H,17,20)/t12-/m1/s1. The molecule has 114 valence electrons. The first-order chi connectivity index (χ1) is 9.99. The Morgan fingerprint density at radius 1 is 1.29 bits per heavy atom. The van der Waals surface area contributed by atoms with Crippen molar-refractivity contribution >= 4 is 29.1 Å². The van der Waals surface area contributed by atoms with Crippen LogP contribution < -0.4 is 5.32 Å². The molecule has 1 aromatic carbocycles. The molecule has 1 fully saturated rings. The second kappa shape index (κ2) is 7.09. The van der Waals surface area contributed by atoms with E-state index in [2.05, 4.69) is 10.2 Å². The number of carbonyl (C=O) groups is 2. The predicted molar refractivity (Wildman–Crippen MR) is 88.2 cm³/mol. The van der Waals surface area contributed by atoms with Crippen LogP contribution in [0, 0.1) is 6.92 Å². The number of rotatable bonds is 4. The number of amides is 1. The third-order valence-corrected chi connectivity index (χ3v) is 4.79. The number of Topliss-reactive ketones (excluding diaryl/α,β-unsaturated/α-hetero) is 1. The maximum absolute atomic E-state index is 12.3. The molecule has 1 heterocycles. The monoisotopic (exact) mass is 306 g/mol. The summed E-state index contributed by atoms with van der Waals surface area (Å²) in [4.78, 5) is 25.9. The van der Waals surface area contributed by atoms with Gasteiger partial charge in [0.15, 0.2) is 5.78 Å². The Kier molecular flexibility index (Phi) is 5.42. The lowest BCUT2D eigenvalue weighted by Crippen LogP contribution is -2.46. The van der Waals surface area contributed by atoms with Gasteiger partial charge in [0.2, 0.25) is 5.91 Å². The first-order valence-electron chi connectivity index (χ1n) is 7.23. The number of thioether (sulfide) groups is 1. The Bertz CT molecular complexity index is 539. The molecular weight excluding hydrogens is 284 g/mol. The largest absolute Gasteiger partial charge is 0.325 e. The molecule has 1 amide bonds. The van der Waals surface area contributed by atoms with E-state index >= 15 is 0 Å². The number of benzene rings is 1. The van der Waals surface area contributed by atoms with E-state index in [-0.39, 0.29) is 17.7 Å². The van der Waals surface area contributed by atoms with Crippen LogP contribution >= 0.6 is 11.8 Å². The molecule has 4 nitrogen and oxygen atoms in total. The molecule has 1 aliphatic rings. The summed E-state index contributed by atoms with van der Waals surface area (Å²) in [6.45, 7) is 7.31. The second-order valence-corrected chi connectivity index (χ2v) is 6.62. The van der Waals surface area contributed by atoms with E-state index < -0.39 is 0 Å². The number of nitrogens with zero attached hydrogens (tertiary/aromatic N) is 1. The zero-order valence-corrected chi connectivity index (χ0v) is 13.6. The van der Waals surface area contributed by atoms with Crippen molar-refractivity contribution < 1.29 is 9.59 Å². The molecule has 21 heavy (non-hydrogen) atoms. The highest BCUT2D eigenvalue weighted by Crippen LogP contribution is 2.17. The smallest absolute Gasteiger partial charge is 0.241 e. The molecule has 0 aliphatic carbocycles. The first kappa shape index (κ1) is 16.0.